The molecule has 0 saturated carbocycles. The van der Waals surface area contributed by atoms with Crippen molar-refractivity contribution in [1.82, 2.24) is 10.2 Å². The van der Waals surface area contributed by atoms with Gasteiger partial charge in [0.2, 0.25) is 0 Å². The van der Waals surface area contributed by atoms with Crippen molar-refractivity contribution < 1.29 is 22.0 Å². The molecule has 1 N–H and O–H groups in total. The Balaban J connectivity index is 1.61. The second kappa shape index (κ2) is 6.36. The number of rotatable bonds is 4. The predicted octanol–water partition coefficient (Wildman–Crippen LogP) is 3.14. The summed E-state index contributed by atoms with van der Waals surface area (Å²) in [4.78, 5) is 12.4. The minimum absolute atomic E-state index is 0.0107. The van der Waals surface area contributed by atoms with Crippen molar-refractivity contribution in [3.63, 3.8) is 0 Å². The molecule has 4 rings (SSSR count). The molecule has 0 radical (unpaired) electrons. The van der Waals surface area contributed by atoms with Crippen molar-refractivity contribution in [2.45, 2.75) is 4.90 Å². The van der Waals surface area contributed by atoms with Gasteiger partial charge in [0.1, 0.15) is 5.58 Å². The summed E-state index contributed by atoms with van der Waals surface area (Å²) in [5.74, 6) is -0.213. The number of furan rings is 1. The zero-order valence-corrected chi connectivity index (χ0v) is 14.9. The number of nitrogens with one attached hydrogen (secondary N) is 1. The first-order chi connectivity index (χ1) is 12.9. The molecule has 136 valence electrons. The van der Waals surface area contributed by atoms with E-state index in [2.05, 4.69) is 15.5 Å². The number of amides is 1. The second-order valence-corrected chi connectivity index (χ2v) is 7.77. The number of anilines is 1. The van der Waals surface area contributed by atoms with Crippen LogP contribution in [-0.2, 0) is 9.84 Å². The van der Waals surface area contributed by atoms with Crippen LogP contribution in [0, 0.1) is 0 Å². The van der Waals surface area contributed by atoms with Gasteiger partial charge >= 0.3 is 6.01 Å². The highest BCUT2D eigenvalue weighted by Crippen LogP contribution is 2.27. The van der Waals surface area contributed by atoms with E-state index in [-0.39, 0.29) is 22.4 Å². The minimum Gasteiger partial charge on any atom is -0.451 e. The summed E-state index contributed by atoms with van der Waals surface area (Å²) in [5, 5.41) is 10.9. The summed E-state index contributed by atoms with van der Waals surface area (Å²) >= 11 is 0. The van der Waals surface area contributed by atoms with Gasteiger partial charge in [0.15, 0.2) is 15.6 Å². The molecule has 0 unspecified atom stereocenters. The van der Waals surface area contributed by atoms with Crippen LogP contribution in [0.15, 0.2) is 68.3 Å². The van der Waals surface area contributed by atoms with Gasteiger partial charge in [0.05, 0.1) is 10.5 Å². The van der Waals surface area contributed by atoms with Crippen LogP contribution in [-0.4, -0.2) is 30.8 Å². The Morgan fingerprint density at radius 1 is 1.00 bits per heavy atom. The third kappa shape index (κ3) is 3.32. The first-order valence-electron chi connectivity index (χ1n) is 7.85. The van der Waals surface area contributed by atoms with Crippen LogP contribution in [0.3, 0.4) is 0 Å². The minimum atomic E-state index is -3.57. The normalized spacial score (nSPS) is 11.6. The number of sulfone groups is 1. The molecule has 0 fully saturated rings. The van der Waals surface area contributed by atoms with Crippen molar-refractivity contribution in [3.05, 3.63) is 60.2 Å². The van der Waals surface area contributed by atoms with Crippen LogP contribution in [0.25, 0.3) is 22.6 Å². The molecular weight excluding hydrogens is 370 g/mol. The molecule has 0 bridgehead atoms. The summed E-state index contributed by atoms with van der Waals surface area (Å²) in [5.41, 5.74) is 0.654. The van der Waals surface area contributed by atoms with E-state index in [1.54, 1.807) is 24.3 Å². The maximum absolute atomic E-state index is 12.4. The third-order valence-electron chi connectivity index (χ3n) is 3.81. The van der Waals surface area contributed by atoms with Crippen molar-refractivity contribution in [3.8, 4) is 11.7 Å². The molecule has 1 amide bonds. The predicted molar refractivity (Wildman–Crippen MR) is 97.0 cm³/mol. The molecule has 2 aromatic heterocycles. The van der Waals surface area contributed by atoms with E-state index in [1.165, 1.54) is 12.1 Å². The molecule has 0 aliphatic rings. The van der Waals surface area contributed by atoms with Gasteiger partial charge in [-0.3, -0.25) is 10.1 Å². The number of hydrogen-bond acceptors (Lipinski definition) is 7. The van der Waals surface area contributed by atoms with Crippen LogP contribution >= 0.6 is 0 Å². The molecule has 0 saturated heterocycles. The maximum Gasteiger partial charge on any atom is 0.322 e. The molecule has 0 aliphatic heterocycles. The Bertz CT molecular complexity index is 1220. The van der Waals surface area contributed by atoms with Crippen LogP contribution in [0.1, 0.15) is 10.4 Å². The standard InChI is InChI=1S/C18H13N3O5S/c1-27(23,24)15-9-5-3-7-12(15)16(22)19-18-21-20-17(26-18)14-10-11-6-2-4-8-13(11)25-14/h2-10H,1H3,(H,19,21,22). The number of carbonyl (C=O) groups is 1. The average molecular weight is 383 g/mol. The highest BCUT2D eigenvalue weighted by atomic mass is 32.2. The molecule has 0 aliphatic carbocycles. The van der Waals surface area contributed by atoms with E-state index in [4.69, 9.17) is 8.83 Å². The molecule has 0 spiro atoms. The van der Waals surface area contributed by atoms with Crippen LogP contribution < -0.4 is 5.32 Å². The van der Waals surface area contributed by atoms with Gasteiger partial charge in [-0.2, -0.15) is 0 Å². The average Bonchev–Trinajstić information content (AvgIpc) is 3.27. The lowest BCUT2D eigenvalue weighted by molar-refractivity contribution is 0.102. The zero-order chi connectivity index (χ0) is 19.0. The van der Waals surface area contributed by atoms with Crippen LogP contribution in [0.4, 0.5) is 6.01 Å². The molecule has 27 heavy (non-hydrogen) atoms. The molecule has 4 aromatic rings. The number of hydrogen-bond donors (Lipinski definition) is 1. The smallest absolute Gasteiger partial charge is 0.322 e. The maximum atomic E-state index is 12.4. The Labute approximate surface area is 153 Å². The largest absolute Gasteiger partial charge is 0.451 e. The summed E-state index contributed by atoms with van der Waals surface area (Å²) in [6.07, 6.45) is 1.03. The topological polar surface area (TPSA) is 115 Å². The number of para-hydroxylation sites is 1. The van der Waals surface area contributed by atoms with E-state index in [1.807, 2.05) is 18.2 Å². The zero-order valence-electron chi connectivity index (χ0n) is 14.0. The van der Waals surface area contributed by atoms with E-state index in [0.29, 0.717) is 11.3 Å². The molecule has 8 nitrogen and oxygen atoms in total. The van der Waals surface area contributed by atoms with Gasteiger partial charge in [0, 0.05) is 11.6 Å². The third-order valence-corrected chi connectivity index (χ3v) is 4.97. The van der Waals surface area contributed by atoms with E-state index < -0.39 is 15.7 Å². The Morgan fingerprint density at radius 2 is 1.74 bits per heavy atom. The molecule has 9 heteroatoms. The summed E-state index contributed by atoms with van der Waals surface area (Å²) < 4.78 is 34.7. The van der Waals surface area contributed by atoms with Gasteiger partial charge in [-0.15, -0.1) is 5.10 Å². The van der Waals surface area contributed by atoms with E-state index in [9.17, 15) is 13.2 Å². The Hall–Kier alpha value is -3.46. The van der Waals surface area contributed by atoms with Crippen molar-refractivity contribution in [2.24, 2.45) is 0 Å². The number of aromatic nitrogens is 2. The fourth-order valence-electron chi connectivity index (χ4n) is 2.60. The Morgan fingerprint density at radius 3 is 2.52 bits per heavy atom. The van der Waals surface area contributed by atoms with E-state index in [0.717, 1.165) is 11.6 Å². The van der Waals surface area contributed by atoms with Crippen LogP contribution in [0.5, 0.6) is 0 Å². The lowest BCUT2D eigenvalue weighted by atomic mass is 10.2. The summed E-state index contributed by atoms with van der Waals surface area (Å²) in [6, 6.07) is 14.8. The fraction of sp³-hybridized carbons (Fsp3) is 0.0556. The summed E-state index contributed by atoms with van der Waals surface area (Å²) in [6.45, 7) is 0. The number of carbonyl (C=O) groups excluding carboxylic acids is 1. The second-order valence-electron chi connectivity index (χ2n) is 5.78. The van der Waals surface area contributed by atoms with Gasteiger partial charge < -0.3 is 8.83 Å². The molecule has 0 atom stereocenters. The highest BCUT2D eigenvalue weighted by Gasteiger charge is 2.20. The Kier molecular flexibility index (Phi) is 4.00. The van der Waals surface area contributed by atoms with Crippen molar-refractivity contribution >= 4 is 32.7 Å². The van der Waals surface area contributed by atoms with E-state index >= 15 is 0 Å². The highest BCUT2D eigenvalue weighted by molar-refractivity contribution is 7.90. The SMILES string of the molecule is CS(=O)(=O)c1ccccc1C(=O)Nc1nnc(-c2cc3ccccc3o2)o1. The molecule has 2 aromatic carbocycles. The van der Waals surface area contributed by atoms with Gasteiger partial charge in [-0.05, 0) is 24.3 Å². The van der Waals surface area contributed by atoms with Crippen molar-refractivity contribution in [2.75, 3.05) is 11.6 Å². The van der Waals surface area contributed by atoms with Gasteiger partial charge in [-0.1, -0.05) is 35.4 Å². The first kappa shape index (κ1) is 17.0. The van der Waals surface area contributed by atoms with Crippen LogP contribution in [0.2, 0.25) is 0 Å². The van der Waals surface area contributed by atoms with Gasteiger partial charge in [-0.25, -0.2) is 8.42 Å². The fourth-order valence-corrected chi connectivity index (χ4v) is 3.49. The monoisotopic (exact) mass is 383 g/mol. The summed E-state index contributed by atoms with van der Waals surface area (Å²) in [7, 11) is -3.57. The molecular formula is C18H13N3O5S. The molecule has 2 heterocycles. The lowest BCUT2D eigenvalue weighted by Gasteiger charge is -2.06. The van der Waals surface area contributed by atoms with Crippen molar-refractivity contribution in [1.29, 1.82) is 0 Å². The quantitative estimate of drug-likeness (QED) is 0.575. The van der Waals surface area contributed by atoms with Gasteiger partial charge in [0.25, 0.3) is 11.8 Å². The number of nitrogens with zero attached hydrogens (tertiary/aromatic N) is 2. The number of benzene rings is 2. The first-order valence-corrected chi connectivity index (χ1v) is 9.74. The number of fused-ring (bicyclic) bond motifs is 1. The lowest BCUT2D eigenvalue weighted by Crippen LogP contribution is -2.16.